The zero-order valence-electron chi connectivity index (χ0n) is 24.3. The molecule has 0 amide bonds. The summed E-state index contributed by atoms with van der Waals surface area (Å²) in [6, 6.07) is 7.60. The monoisotopic (exact) mass is 559 g/mol. The minimum Gasteiger partial charge on any atom is -0.480 e. The van der Waals surface area contributed by atoms with Gasteiger partial charge in [-0.3, -0.25) is 4.68 Å². The SMILES string of the molecule is Cc1cc(C)n(CCN(CCCCc2ccc3c(n2)NCCC3)CCC(Nc2ncnc3c2ccn3C)C(=O)O)n1. The van der Waals surface area contributed by atoms with Gasteiger partial charge in [0.15, 0.2) is 0 Å². The van der Waals surface area contributed by atoms with E-state index in [0.717, 1.165) is 92.2 Å². The molecular formula is C30H41N9O2. The number of anilines is 2. The number of nitrogens with one attached hydrogen (secondary N) is 2. The van der Waals surface area contributed by atoms with Crippen LogP contribution in [0.15, 0.2) is 36.8 Å². The number of aryl methyl sites for hydroxylation is 5. The van der Waals surface area contributed by atoms with E-state index in [2.05, 4.69) is 55.7 Å². The molecule has 11 nitrogen and oxygen atoms in total. The molecule has 1 aliphatic heterocycles. The van der Waals surface area contributed by atoms with Gasteiger partial charge in [-0.1, -0.05) is 6.07 Å². The lowest BCUT2D eigenvalue weighted by Crippen LogP contribution is -2.37. The molecule has 5 heterocycles. The second-order valence-electron chi connectivity index (χ2n) is 11.0. The van der Waals surface area contributed by atoms with E-state index < -0.39 is 12.0 Å². The van der Waals surface area contributed by atoms with E-state index in [9.17, 15) is 9.90 Å². The molecular weight excluding hydrogens is 518 g/mol. The molecule has 0 spiro atoms. The van der Waals surface area contributed by atoms with Gasteiger partial charge in [0, 0.05) is 44.3 Å². The Labute approximate surface area is 241 Å². The van der Waals surface area contributed by atoms with E-state index in [1.807, 2.05) is 35.5 Å². The van der Waals surface area contributed by atoms with Gasteiger partial charge in [0.25, 0.3) is 0 Å². The molecule has 1 unspecified atom stereocenters. The zero-order valence-corrected chi connectivity index (χ0v) is 24.3. The van der Waals surface area contributed by atoms with Gasteiger partial charge in [0.1, 0.15) is 29.7 Å². The Hall–Kier alpha value is -3.99. The van der Waals surface area contributed by atoms with E-state index in [-0.39, 0.29) is 0 Å². The van der Waals surface area contributed by atoms with Crippen LogP contribution in [-0.2, 0) is 31.2 Å². The molecule has 11 heteroatoms. The number of nitrogens with zero attached hydrogens (tertiary/aromatic N) is 7. The van der Waals surface area contributed by atoms with Crippen LogP contribution in [0.1, 0.15) is 48.3 Å². The van der Waals surface area contributed by atoms with Crippen molar-refractivity contribution < 1.29 is 9.90 Å². The summed E-state index contributed by atoms with van der Waals surface area (Å²) in [7, 11) is 1.91. The summed E-state index contributed by atoms with van der Waals surface area (Å²) in [5.41, 5.74) is 5.34. The van der Waals surface area contributed by atoms with Crippen LogP contribution < -0.4 is 10.6 Å². The second-order valence-corrected chi connectivity index (χ2v) is 11.0. The van der Waals surface area contributed by atoms with Crippen LogP contribution >= 0.6 is 0 Å². The first-order valence-corrected chi connectivity index (χ1v) is 14.6. The Bertz CT molecular complexity index is 1480. The summed E-state index contributed by atoms with van der Waals surface area (Å²) in [4.78, 5) is 28.1. The van der Waals surface area contributed by atoms with E-state index >= 15 is 0 Å². The number of rotatable bonds is 14. The van der Waals surface area contributed by atoms with E-state index in [1.54, 1.807) is 0 Å². The molecule has 0 radical (unpaired) electrons. The van der Waals surface area contributed by atoms with Crippen molar-refractivity contribution in [1.29, 1.82) is 0 Å². The number of carboxylic acid groups (broad SMARTS) is 1. The molecule has 3 N–H and O–H groups in total. The first-order valence-electron chi connectivity index (χ1n) is 14.6. The lowest BCUT2D eigenvalue weighted by atomic mass is 10.1. The fourth-order valence-electron chi connectivity index (χ4n) is 5.55. The molecule has 4 aromatic rings. The topological polar surface area (TPSA) is 126 Å². The number of aliphatic carboxylic acids is 1. The number of pyridine rings is 1. The van der Waals surface area contributed by atoms with Gasteiger partial charge in [-0.15, -0.1) is 0 Å². The van der Waals surface area contributed by atoms with Gasteiger partial charge in [-0.25, -0.2) is 19.7 Å². The Morgan fingerprint density at radius 2 is 2.05 bits per heavy atom. The molecule has 0 bridgehead atoms. The molecule has 4 aromatic heterocycles. The van der Waals surface area contributed by atoms with Crippen molar-refractivity contribution in [2.75, 3.05) is 36.8 Å². The average molecular weight is 560 g/mol. The molecule has 0 fully saturated rings. The Morgan fingerprint density at radius 3 is 2.85 bits per heavy atom. The van der Waals surface area contributed by atoms with Crippen LogP contribution in [0.5, 0.6) is 0 Å². The predicted molar refractivity (Wildman–Crippen MR) is 160 cm³/mol. The third-order valence-electron chi connectivity index (χ3n) is 7.85. The van der Waals surface area contributed by atoms with Gasteiger partial charge in [0.2, 0.25) is 0 Å². The number of unbranched alkanes of at least 4 members (excludes halogenated alkanes) is 1. The highest BCUT2D eigenvalue weighted by Crippen LogP contribution is 2.22. The maximum Gasteiger partial charge on any atom is 0.326 e. The fourth-order valence-corrected chi connectivity index (χ4v) is 5.55. The summed E-state index contributed by atoms with van der Waals surface area (Å²) in [5.74, 6) is 0.700. The van der Waals surface area contributed by atoms with Gasteiger partial charge >= 0.3 is 5.97 Å². The zero-order chi connectivity index (χ0) is 28.8. The maximum absolute atomic E-state index is 12.2. The van der Waals surface area contributed by atoms with Crippen molar-refractivity contribution in [3.05, 3.63) is 59.4 Å². The molecule has 1 aliphatic rings. The number of hydrogen-bond donors (Lipinski definition) is 3. The number of hydrogen-bond acceptors (Lipinski definition) is 8. The van der Waals surface area contributed by atoms with Crippen molar-refractivity contribution in [2.45, 2.75) is 65.0 Å². The minimum absolute atomic E-state index is 0.447. The van der Waals surface area contributed by atoms with E-state index in [1.165, 1.54) is 11.9 Å². The van der Waals surface area contributed by atoms with Gasteiger partial charge in [-0.2, -0.15) is 5.10 Å². The van der Waals surface area contributed by atoms with Crippen LogP contribution in [0, 0.1) is 13.8 Å². The molecule has 5 rings (SSSR count). The maximum atomic E-state index is 12.2. The molecule has 218 valence electrons. The van der Waals surface area contributed by atoms with E-state index in [4.69, 9.17) is 4.98 Å². The number of carbonyl (C=O) groups is 1. The number of carboxylic acids is 1. The summed E-state index contributed by atoms with van der Waals surface area (Å²) >= 11 is 0. The number of fused-ring (bicyclic) bond motifs is 2. The van der Waals surface area contributed by atoms with Gasteiger partial charge in [-0.05, 0) is 82.7 Å². The Kier molecular flexibility index (Phi) is 9.13. The molecule has 41 heavy (non-hydrogen) atoms. The highest BCUT2D eigenvalue weighted by Gasteiger charge is 2.21. The summed E-state index contributed by atoms with van der Waals surface area (Å²) in [6.45, 7) is 8.16. The summed E-state index contributed by atoms with van der Waals surface area (Å²) in [5, 5.41) is 22.1. The molecule has 0 saturated carbocycles. The Balaban J connectivity index is 1.20. The fraction of sp³-hybridized carbons (Fsp3) is 0.500. The highest BCUT2D eigenvalue weighted by atomic mass is 16.4. The smallest absolute Gasteiger partial charge is 0.326 e. The van der Waals surface area contributed by atoms with Crippen molar-refractivity contribution in [1.82, 2.24) is 34.2 Å². The standard InChI is InChI=1S/C30H41N9O2/c1-21-19-22(2)39(36-21)18-17-38(14-5-4-8-24-10-9-23-7-6-13-31-27(23)34-24)16-12-26(30(40)41)35-28-25-11-15-37(3)29(25)33-20-32-28/h9-11,15,19-20,26H,4-8,12-14,16-18H2,1-3H3,(H,31,34)(H,40,41)(H,32,33,35). The van der Waals surface area contributed by atoms with Crippen molar-refractivity contribution in [3.8, 4) is 0 Å². The Morgan fingerprint density at radius 1 is 1.17 bits per heavy atom. The van der Waals surface area contributed by atoms with Crippen LogP contribution in [-0.4, -0.2) is 77.5 Å². The molecule has 0 saturated heterocycles. The van der Waals surface area contributed by atoms with Crippen molar-refractivity contribution in [3.63, 3.8) is 0 Å². The quantitative estimate of drug-likeness (QED) is 0.198. The second kappa shape index (κ2) is 13.1. The first kappa shape index (κ1) is 28.5. The summed E-state index contributed by atoms with van der Waals surface area (Å²) < 4.78 is 3.93. The van der Waals surface area contributed by atoms with Crippen LogP contribution in [0.4, 0.5) is 11.6 Å². The lowest BCUT2D eigenvalue weighted by molar-refractivity contribution is -0.138. The van der Waals surface area contributed by atoms with Gasteiger partial charge in [0.05, 0.1) is 17.6 Å². The highest BCUT2D eigenvalue weighted by molar-refractivity contribution is 5.89. The molecule has 0 aromatic carbocycles. The van der Waals surface area contributed by atoms with Gasteiger partial charge < -0.3 is 25.2 Å². The van der Waals surface area contributed by atoms with Crippen molar-refractivity contribution >= 4 is 28.6 Å². The van der Waals surface area contributed by atoms with Crippen LogP contribution in [0.3, 0.4) is 0 Å². The van der Waals surface area contributed by atoms with Crippen molar-refractivity contribution in [2.24, 2.45) is 7.05 Å². The molecule has 1 atom stereocenters. The number of aromatic nitrogens is 6. The average Bonchev–Trinajstić information content (AvgIpc) is 3.51. The normalized spacial score (nSPS) is 13.8. The third-order valence-corrected chi connectivity index (χ3v) is 7.85. The van der Waals surface area contributed by atoms with Crippen LogP contribution in [0.25, 0.3) is 11.0 Å². The largest absolute Gasteiger partial charge is 0.480 e. The van der Waals surface area contributed by atoms with Crippen LogP contribution in [0.2, 0.25) is 0 Å². The summed E-state index contributed by atoms with van der Waals surface area (Å²) in [6.07, 6.45) is 9.04. The molecule has 0 aliphatic carbocycles. The minimum atomic E-state index is -0.890. The lowest BCUT2D eigenvalue weighted by Gasteiger charge is -2.25. The van der Waals surface area contributed by atoms with E-state index in [0.29, 0.717) is 18.8 Å². The first-order chi connectivity index (χ1) is 19.9. The third kappa shape index (κ3) is 7.21. The predicted octanol–water partition coefficient (Wildman–Crippen LogP) is 3.82.